The number of hydrogen-bond donors (Lipinski definition) is 1. The van der Waals surface area contributed by atoms with Crippen molar-refractivity contribution in [2.45, 2.75) is 39.2 Å². The van der Waals surface area contributed by atoms with Gasteiger partial charge in [-0.25, -0.2) is 0 Å². The highest BCUT2D eigenvalue weighted by molar-refractivity contribution is 5.65. The van der Waals surface area contributed by atoms with Crippen LogP contribution in [0.2, 0.25) is 0 Å². The average molecular weight is 425 g/mol. The standard InChI is InChI=1S/C26H36N2O3/c1-26(2,3)25(29)21(20-8-5-4-6-9-20)12-13-27-14-16-28(17-15-27)22-10-7-11-23-24(22)31-19-18-30-23/h4-11,21,25,29H,12-19H2,1-3H3. The molecule has 31 heavy (non-hydrogen) atoms. The van der Waals surface area contributed by atoms with Crippen molar-refractivity contribution >= 4 is 5.69 Å². The second kappa shape index (κ2) is 9.49. The number of ether oxygens (including phenoxy) is 2. The van der Waals surface area contributed by atoms with Gasteiger partial charge in [0.2, 0.25) is 0 Å². The van der Waals surface area contributed by atoms with E-state index in [0.717, 1.165) is 56.3 Å². The lowest BCUT2D eigenvalue weighted by molar-refractivity contribution is 0.0326. The van der Waals surface area contributed by atoms with Crippen LogP contribution in [0.15, 0.2) is 48.5 Å². The van der Waals surface area contributed by atoms with Crippen molar-refractivity contribution in [1.29, 1.82) is 0 Å². The normalized spacial score (nSPS) is 19.2. The van der Waals surface area contributed by atoms with Gasteiger partial charge in [0.1, 0.15) is 13.2 Å². The van der Waals surface area contributed by atoms with Gasteiger partial charge in [-0.15, -0.1) is 0 Å². The van der Waals surface area contributed by atoms with Gasteiger partial charge in [-0.05, 0) is 36.1 Å². The van der Waals surface area contributed by atoms with Crippen LogP contribution in [0.25, 0.3) is 0 Å². The molecular weight excluding hydrogens is 388 g/mol. The molecule has 0 saturated carbocycles. The Labute approximate surface area is 186 Å². The Hall–Kier alpha value is -2.24. The van der Waals surface area contributed by atoms with Gasteiger partial charge in [0.15, 0.2) is 11.5 Å². The molecule has 0 amide bonds. The quantitative estimate of drug-likeness (QED) is 0.754. The van der Waals surface area contributed by atoms with Gasteiger partial charge in [0.25, 0.3) is 0 Å². The molecule has 2 aromatic carbocycles. The molecule has 0 aliphatic carbocycles. The molecule has 0 bridgehead atoms. The van der Waals surface area contributed by atoms with Crippen LogP contribution in [-0.2, 0) is 0 Å². The van der Waals surface area contributed by atoms with E-state index in [2.05, 4.69) is 60.9 Å². The van der Waals surface area contributed by atoms with Gasteiger partial charge in [-0.3, -0.25) is 4.90 Å². The zero-order valence-corrected chi connectivity index (χ0v) is 19.1. The third kappa shape index (κ3) is 5.16. The third-order valence-electron chi connectivity index (χ3n) is 6.51. The highest BCUT2D eigenvalue weighted by atomic mass is 16.6. The SMILES string of the molecule is CC(C)(C)C(O)C(CCN1CCN(c2cccc3c2OCCO3)CC1)c1ccccc1. The smallest absolute Gasteiger partial charge is 0.184 e. The lowest BCUT2D eigenvalue weighted by atomic mass is 9.77. The average Bonchev–Trinajstić information content (AvgIpc) is 2.79. The molecule has 168 valence electrons. The number of benzene rings is 2. The maximum atomic E-state index is 11.1. The van der Waals surface area contributed by atoms with E-state index in [-0.39, 0.29) is 17.4 Å². The number of piperazine rings is 1. The molecule has 5 heteroatoms. The number of rotatable bonds is 6. The van der Waals surface area contributed by atoms with Gasteiger partial charge in [-0.1, -0.05) is 57.2 Å². The van der Waals surface area contributed by atoms with E-state index in [1.807, 2.05) is 18.2 Å². The minimum absolute atomic E-state index is 0.144. The lowest BCUT2D eigenvalue weighted by Gasteiger charge is -2.39. The fourth-order valence-electron chi connectivity index (χ4n) is 4.65. The molecule has 2 atom stereocenters. The van der Waals surface area contributed by atoms with Crippen molar-refractivity contribution in [2.24, 2.45) is 5.41 Å². The van der Waals surface area contributed by atoms with E-state index in [1.165, 1.54) is 5.56 Å². The molecule has 0 radical (unpaired) electrons. The Bertz CT molecular complexity index is 841. The number of anilines is 1. The summed E-state index contributed by atoms with van der Waals surface area (Å²) in [7, 11) is 0. The van der Waals surface area contributed by atoms with Crippen LogP contribution in [0, 0.1) is 5.41 Å². The summed E-state index contributed by atoms with van der Waals surface area (Å²) in [5.74, 6) is 1.89. The molecule has 0 aromatic heterocycles. The highest BCUT2D eigenvalue weighted by Crippen LogP contribution is 2.40. The van der Waals surface area contributed by atoms with Gasteiger partial charge in [0, 0.05) is 32.1 Å². The number of aliphatic hydroxyl groups excluding tert-OH is 1. The molecule has 2 heterocycles. The number of hydrogen-bond acceptors (Lipinski definition) is 5. The maximum absolute atomic E-state index is 11.1. The summed E-state index contributed by atoms with van der Waals surface area (Å²) in [6.45, 7) is 12.6. The first-order valence-corrected chi connectivity index (χ1v) is 11.5. The van der Waals surface area contributed by atoms with Crippen LogP contribution >= 0.6 is 0 Å². The number of para-hydroxylation sites is 1. The van der Waals surface area contributed by atoms with Crippen LogP contribution in [-0.4, -0.2) is 62.0 Å². The summed E-state index contributed by atoms with van der Waals surface area (Å²) in [6, 6.07) is 16.7. The molecule has 1 N–H and O–H groups in total. The van der Waals surface area contributed by atoms with Crippen LogP contribution in [0.5, 0.6) is 11.5 Å². The molecule has 2 unspecified atom stereocenters. The predicted molar refractivity (Wildman–Crippen MR) is 125 cm³/mol. The number of aliphatic hydroxyl groups is 1. The second-order valence-corrected chi connectivity index (χ2v) is 9.75. The zero-order chi connectivity index (χ0) is 21.8. The first-order chi connectivity index (χ1) is 14.9. The maximum Gasteiger partial charge on any atom is 0.184 e. The van der Waals surface area contributed by atoms with Crippen molar-refractivity contribution in [2.75, 3.05) is 50.8 Å². The van der Waals surface area contributed by atoms with Crippen LogP contribution < -0.4 is 14.4 Å². The summed E-state index contributed by atoms with van der Waals surface area (Å²) in [5, 5.41) is 11.1. The zero-order valence-electron chi connectivity index (χ0n) is 19.1. The van der Waals surface area contributed by atoms with E-state index >= 15 is 0 Å². The molecule has 0 spiro atoms. The van der Waals surface area contributed by atoms with Crippen LogP contribution in [0.1, 0.15) is 38.7 Å². The van der Waals surface area contributed by atoms with Crippen molar-refractivity contribution < 1.29 is 14.6 Å². The Balaban J connectivity index is 1.37. The molecule has 2 aromatic rings. The minimum atomic E-state index is -0.371. The summed E-state index contributed by atoms with van der Waals surface area (Å²) < 4.78 is 11.7. The summed E-state index contributed by atoms with van der Waals surface area (Å²) in [6.07, 6.45) is 0.587. The van der Waals surface area contributed by atoms with E-state index in [4.69, 9.17) is 9.47 Å². The van der Waals surface area contributed by atoms with Crippen molar-refractivity contribution in [1.82, 2.24) is 4.90 Å². The molecular formula is C26H36N2O3. The first kappa shape index (κ1) is 22.0. The Morgan fingerprint density at radius 1 is 0.903 bits per heavy atom. The van der Waals surface area contributed by atoms with Gasteiger partial charge >= 0.3 is 0 Å². The highest BCUT2D eigenvalue weighted by Gasteiger charge is 2.32. The fourth-order valence-corrected chi connectivity index (χ4v) is 4.65. The van der Waals surface area contributed by atoms with Crippen molar-refractivity contribution in [3.8, 4) is 11.5 Å². The van der Waals surface area contributed by atoms with E-state index in [9.17, 15) is 5.11 Å². The number of fused-ring (bicyclic) bond motifs is 1. The molecule has 5 nitrogen and oxygen atoms in total. The van der Waals surface area contributed by atoms with Crippen molar-refractivity contribution in [3.05, 3.63) is 54.1 Å². The van der Waals surface area contributed by atoms with Crippen LogP contribution in [0.3, 0.4) is 0 Å². The topological polar surface area (TPSA) is 45.2 Å². The molecule has 4 rings (SSSR count). The molecule has 1 saturated heterocycles. The molecule has 2 aliphatic rings. The summed E-state index contributed by atoms with van der Waals surface area (Å²) in [5.41, 5.74) is 2.23. The molecule has 2 aliphatic heterocycles. The largest absolute Gasteiger partial charge is 0.486 e. The van der Waals surface area contributed by atoms with Gasteiger partial charge in [0.05, 0.1) is 11.8 Å². The summed E-state index contributed by atoms with van der Waals surface area (Å²) in [4.78, 5) is 4.93. The monoisotopic (exact) mass is 424 g/mol. The Morgan fingerprint density at radius 2 is 1.61 bits per heavy atom. The van der Waals surface area contributed by atoms with Gasteiger partial charge in [-0.2, -0.15) is 0 Å². The van der Waals surface area contributed by atoms with E-state index < -0.39 is 0 Å². The second-order valence-electron chi connectivity index (χ2n) is 9.75. The predicted octanol–water partition coefficient (Wildman–Crippen LogP) is 4.16. The molecule has 1 fully saturated rings. The van der Waals surface area contributed by atoms with Crippen LogP contribution in [0.4, 0.5) is 5.69 Å². The minimum Gasteiger partial charge on any atom is -0.486 e. The number of nitrogens with zero attached hydrogens (tertiary/aromatic N) is 2. The fraction of sp³-hybridized carbons (Fsp3) is 0.538. The van der Waals surface area contributed by atoms with Crippen molar-refractivity contribution in [3.63, 3.8) is 0 Å². The van der Waals surface area contributed by atoms with E-state index in [1.54, 1.807) is 0 Å². The lowest BCUT2D eigenvalue weighted by Crippen LogP contribution is -2.47. The Kier molecular flexibility index (Phi) is 6.73. The van der Waals surface area contributed by atoms with E-state index in [0.29, 0.717) is 13.2 Å². The summed E-state index contributed by atoms with van der Waals surface area (Å²) >= 11 is 0. The van der Waals surface area contributed by atoms with Gasteiger partial charge < -0.3 is 19.5 Å². The third-order valence-corrected chi connectivity index (χ3v) is 6.51. The first-order valence-electron chi connectivity index (χ1n) is 11.5. The Morgan fingerprint density at radius 3 is 2.32 bits per heavy atom.